The minimum atomic E-state index is -0.633. The van der Waals surface area contributed by atoms with Crippen LogP contribution >= 0.6 is 23.3 Å². The molecule has 1 fully saturated rings. The van der Waals surface area contributed by atoms with E-state index in [9.17, 15) is 9.90 Å². The summed E-state index contributed by atoms with van der Waals surface area (Å²) in [6.07, 6.45) is 2.26. The fourth-order valence-corrected chi connectivity index (χ4v) is 5.42. The average Bonchev–Trinajstić information content (AvgIpc) is 3.40. The first-order valence-corrected chi connectivity index (χ1v) is 12.4. The maximum atomic E-state index is 12.9. The third-order valence-corrected chi connectivity index (χ3v) is 8.11. The molecule has 2 N–H and O–H groups in total. The Morgan fingerprint density at radius 3 is 2.84 bits per heavy atom. The van der Waals surface area contributed by atoms with Gasteiger partial charge in [0.05, 0.1) is 12.7 Å². The second kappa shape index (κ2) is 8.50. The van der Waals surface area contributed by atoms with Gasteiger partial charge in [0.15, 0.2) is 0 Å². The Morgan fingerprint density at radius 2 is 2.09 bits per heavy atom. The monoisotopic (exact) mass is 467 g/mol. The lowest BCUT2D eigenvalue weighted by Crippen LogP contribution is -2.27. The van der Waals surface area contributed by atoms with Crippen LogP contribution < -0.4 is 9.46 Å². The predicted octanol–water partition coefficient (Wildman–Crippen LogP) is 4.73. The summed E-state index contributed by atoms with van der Waals surface area (Å²) in [5.41, 5.74) is 3.14. The smallest absolute Gasteiger partial charge is 0.261 e. The number of amides is 1. The molecule has 1 aromatic heterocycles. The van der Waals surface area contributed by atoms with E-state index in [1.54, 1.807) is 11.3 Å². The zero-order valence-electron chi connectivity index (χ0n) is 18.0. The van der Waals surface area contributed by atoms with E-state index in [-0.39, 0.29) is 16.6 Å². The van der Waals surface area contributed by atoms with Gasteiger partial charge < -0.3 is 9.84 Å². The fourth-order valence-electron chi connectivity index (χ4n) is 3.86. The van der Waals surface area contributed by atoms with Crippen molar-refractivity contribution >= 4 is 29.2 Å². The van der Waals surface area contributed by atoms with Crippen molar-refractivity contribution in [3.05, 3.63) is 63.6 Å². The van der Waals surface area contributed by atoms with Crippen molar-refractivity contribution in [2.24, 2.45) is 5.92 Å². The topological polar surface area (TPSA) is 84.3 Å². The Labute approximate surface area is 195 Å². The molecule has 8 heteroatoms. The SMILES string of the molecule is Cc1nnc(C[C@@H]2COc3cc(-c4ccccc4C(=O)NSC4(C)CC4)ccc3C2O)s1. The van der Waals surface area contributed by atoms with Crippen LogP contribution in [-0.2, 0) is 6.42 Å². The summed E-state index contributed by atoms with van der Waals surface area (Å²) in [5.74, 6) is 0.499. The lowest BCUT2D eigenvalue weighted by molar-refractivity contribution is 0.0507. The van der Waals surface area contributed by atoms with Crippen LogP contribution in [0.5, 0.6) is 5.75 Å². The lowest BCUT2D eigenvalue weighted by Gasteiger charge is -2.30. The van der Waals surface area contributed by atoms with Crippen molar-refractivity contribution in [3.8, 4) is 16.9 Å². The predicted molar refractivity (Wildman–Crippen MR) is 127 cm³/mol. The van der Waals surface area contributed by atoms with Gasteiger partial charge in [-0.05, 0) is 61.9 Å². The molecule has 0 spiro atoms. The van der Waals surface area contributed by atoms with Crippen molar-refractivity contribution in [1.82, 2.24) is 14.9 Å². The number of carbonyl (C=O) groups excluding carboxylic acids is 1. The molecule has 2 atom stereocenters. The number of aliphatic hydroxyl groups excluding tert-OH is 1. The number of nitrogens with zero attached hydrogens (tertiary/aromatic N) is 2. The Balaban J connectivity index is 1.36. The number of hydrogen-bond donors (Lipinski definition) is 2. The van der Waals surface area contributed by atoms with Crippen molar-refractivity contribution in [2.75, 3.05) is 6.61 Å². The molecule has 166 valence electrons. The number of hydrogen-bond acceptors (Lipinski definition) is 7. The molecule has 32 heavy (non-hydrogen) atoms. The van der Waals surface area contributed by atoms with Gasteiger partial charge in [-0.3, -0.25) is 9.52 Å². The number of fused-ring (bicyclic) bond motifs is 1. The van der Waals surface area contributed by atoms with E-state index in [0.717, 1.165) is 39.5 Å². The largest absolute Gasteiger partial charge is 0.493 e. The molecule has 0 bridgehead atoms. The van der Waals surface area contributed by atoms with Gasteiger partial charge in [-0.1, -0.05) is 30.3 Å². The van der Waals surface area contributed by atoms with Crippen LogP contribution in [0.2, 0.25) is 0 Å². The zero-order chi connectivity index (χ0) is 22.3. The summed E-state index contributed by atoms with van der Waals surface area (Å²) in [4.78, 5) is 12.9. The Hall–Kier alpha value is -2.42. The maximum Gasteiger partial charge on any atom is 0.261 e. The minimum absolute atomic E-state index is 0.0698. The average molecular weight is 468 g/mol. The van der Waals surface area contributed by atoms with Gasteiger partial charge in [-0.25, -0.2) is 0 Å². The number of nitrogens with one attached hydrogen (secondary N) is 1. The van der Waals surface area contributed by atoms with Gasteiger partial charge >= 0.3 is 0 Å². The second-order valence-electron chi connectivity index (χ2n) is 8.72. The highest BCUT2D eigenvalue weighted by Gasteiger charge is 2.39. The van der Waals surface area contributed by atoms with Crippen molar-refractivity contribution < 1.29 is 14.6 Å². The molecule has 0 radical (unpaired) electrons. The van der Waals surface area contributed by atoms with Gasteiger partial charge in [-0.15, -0.1) is 21.5 Å². The number of benzene rings is 2. The van der Waals surface area contributed by atoms with Crippen LogP contribution in [-0.4, -0.2) is 32.6 Å². The second-order valence-corrected chi connectivity index (χ2v) is 11.4. The molecule has 1 aliphatic carbocycles. The highest BCUT2D eigenvalue weighted by Crippen LogP contribution is 2.46. The van der Waals surface area contributed by atoms with Crippen LogP contribution in [0.4, 0.5) is 0 Å². The van der Waals surface area contributed by atoms with E-state index < -0.39 is 6.10 Å². The minimum Gasteiger partial charge on any atom is -0.493 e. The van der Waals surface area contributed by atoms with E-state index in [0.29, 0.717) is 24.3 Å². The molecule has 1 saturated carbocycles. The van der Waals surface area contributed by atoms with Gasteiger partial charge in [0.25, 0.3) is 5.91 Å². The standard InChI is InChI=1S/C24H25N3O3S2/c1-14-25-26-21(31-14)12-16-13-30-20-11-15(7-8-19(20)22(16)28)17-5-3-4-6-18(17)23(29)27-32-24(2)9-10-24/h3-8,11,16,22,28H,9-10,12-13H2,1-2H3,(H,27,29)/t16-,22?/m1/s1. The highest BCUT2D eigenvalue weighted by atomic mass is 32.2. The molecule has 3 aromatic rings. The number of aliphatic hydroxyl groups is 1. The zero-order valence-corrected chi connectivity index (χ0v) is 19.6. The van der Waals surface area contributed by atoms with Crippen molar-refractivity contribution in [1.29, 1.82) is 0 Å². The molecule has 5 rings (SSSR count). The highest BCUT2D eigenvalue weighted by molar-refractivity contribution is 7.99. The van der Waals surface area contributed by atoms with Crippen LogP contribution in [0, 0.1) is 12.8 Å². The van der Waals surface area contributed by atoms with Gasteiger partial charge in [0.1, 0.15) is 15.8 Å². The van der Waals surface area contributed by atoms with E-state index >= 15 is 0 Å². The number of ether oxygens (including phenoxy) is 1. The summed E-state index contributed by atoms with van der Waals surface area (Å²) < 4.78 is 9.22. The third kappa shape index (κ3) is 4.40. The normalized spacial score (nSPS) is 20.8. The van der Waals surface area contributed by atoms with Gasteiger partial charge in [-0.2, -0.15) is 0 Å². The first-order valence-electron chi connectivity index (χ1n) is 10.7. The molecule has 2 aromatic carbocycles. The first-order chi connectivity index (χ1) is 15.4. The summed E-state index contributed by atoms with van der Waals surface area (Å²) >= 11 is 3.06. The lowest BCUT2D eigenvalue weighted by atomic mass is 9.89. The molecule has 1 amide bonds. The summed E-state index contributed by atoms with van der Waals surface area (Å²) in [6, 6.07) is 13.4. The number of aryl methyl sites for hydroxylation is 1. The van der Waals surface area contributed by atoms with Crippen LogP contribution in [0.15, 0.2) is 42.5 Å². The third-order valence-electron chi connectivity index (χ3n) is 6.06. The molecule has 2 aliphatic rings. The maximum absolute atomic E-state index is 12.9. The quantitative estimate of drug-likeness (QED) is 0.510. The Kier molecular flexibility index (Phi) is 5.69. The van der Waals surface area contributed by atoms with Crippen LogP contribution in [0.25, 0.3) is 11.1 Å². The number of rotatable bonds is 6. The first kappa shape index (κ1) is 21.4. The molecule has 6 nitrogen and oxygen atoms in total. The van der Waals surface area contributed by atoms with E-state index in [1.165, 1.54) is 11.9 Å². The van der Waals surface area contributed by atoms with E-state index in [2.05, 4.69) is 21.8 Å². The Bertz CT molecular complexity index is 1160. The molecule has 0 saturated heterocycles. The van der Waals surface area contributed by atoms with Crippen LogP contribution in [0.1, 0.15) is 51.8 Å². The Morgan fingerprint density at radius 1 is 1.28 bits per heavy atom. The van der Waals surface area contributed by atoms with Crippen molar-refractivity contribution in [3.63, 3.8) is 0 Å². The number of aromatic nitrogens is 2. The van der Waals surface area contributed by atoms with Gasteiger partial charge in [0.2, 0.25) is 0 Å². The summed E-state index contributed by atoms with van der Waals surface area (Å²) in [5, 5.41) is 21.0. The number of carbonyl (C=O) groups is 1. The van der Waals surface area contributed by atoms with E-state index in [1.807, 2.05) is 49.4 Å². The summed E-state index contributed by atoms with van der Waals surface area (Å²) in [6.45, 7) is 4.50. The molecule has 1 unspecified atom stereocenters. The molecular weight excluding hydrogens is 442 g/mol. The van der Waals surface area contributed by atoms with E-state index in [4.69, 9.17) is 4.74 Å². The molecular formula is C24H25N3O3S2. The molecule has 1 aliphatic heterocycles. The van der Waals surface area contributed by atoms with Crippen molar-refractivity contribution in [2.45, 2.75) is 44.0 Å². The molecule has 2 heterocycles. The fraction of sp³-hybridized carbons (Fsp3) is 0.375. The van der Waals surface area contributed by atoms with Gasteiger partial charge in [0, 0.05) is 28.2 Å². The summed E-state index contributed by atoms with van der Waals surface area (Å²) in [7, 11) is 0. The van der Waals surface area contributed by atoms with Crippen LogP contribution in [0.3, 0.4) is 0 Å².